The van der Waals surface area contributed by atoms with Crippen molar-refractivity contribution in [2.75, 3.05) is 0 Å². The van der Waals surface area contributed by atoms with E-state index in [1.807, 2.05) is 26.0 Å². The van der Waals surface area contributed by atoms with E-state index in [2.05, 4.69) is 34.5 Å². The van der Waals surface area contributed by atoms with Crippen molar-refractivity contribution in [3.8, 4) is 0 Å². The fourth-order valence-electron chi connectivity index (χ4n) is 2.50. The van der Waals surface area contributed by atoms with E-state index < -0.39 is 5.60 Å². The minimum absolute atomic E-state index is 0.0878. The quantitative estimate of drug-likeness (QED) is 0.711. The van der Waals surface area contributed by atoms with Gasteiger partial charge in [-0.2, -0.15) is 0 Å². The number of rotatable bonds is 1. The molecule has 0 spiro atoms. The first-order valence-electron chi connectivity index (χ1n) is 5.53. The Hall–Kier alpha value is -0.590. The van der Waals surface area contributed by atoms with Gasteiger partial charge >= 0.3 is 0 Å². The van der Waals surface area contributed by atoms with Crippen LogP contribution in [0.2, 0.25) is 0 Å². The summed E-state index contributed by atoms with van der Waals surface area (Å²) in [6.45, 7) is 11.8. The summed E-state index contributed by atoms with van der Waals surface area (Å²) >= 11 is 0. The Morgan fingerprint density at radius 3 is 2.44 bits per heavy atom. The van der Waals surface area contributed by atoms with Crippen molar-refractivity contribution >= 4 is 9.39 Å². The minimum Gasteiger partial charge on any atom is -0.385 e. The average Bonchev–Trinajstić information content (AvgIpc) is 2.12. The number of nitrogens with zero attached hydrogens (tertiary/aromatic N) is 1. The van der Waals surface area contributed by atoms with Crippen LogP contribution in [0.15, 0.2) is 36.1 Å². The van der Waals surface area contributed by atoms with E-state index in [0.717, 1.165) is 11.3 Å². The number of piperidine rings is 1. The van der Waals surface area contributed by atoms with Crippen molar-refractivity contribution < 1.29 is 5.11 Å². The molecular formula is C13H22NOP. The van der Waals surface area contributed by atoms with Crippen LogP contribution >= 0.6 is 9.39 Å². The maximum atomic E-state index is 10.5. The van der Waals surface area contributed by atoms with Crippen LogP contribution in [-0.2, 0) is 0 Å². The fraction of sp³-hybridized carbons (Fsp3) is 0.538. The summed E-state index contributed by atoms with van der Waals surface area (Å²) in [5.41, 5.74) is 1.11. The maximum Gasteiger partial charge on any atom is 0.0907 e. The van der Waals surface area contributed by atoms with Gasteiger partial charge in [-0.25, -0.2) is 0 Å². The van der Waals surface area contributed by atoms with Gasteiger partial charge < -0.3 is 9.78 Å². The van der Waals surface area contributed by atoms with Gasteiger partial charge in [0.1, 0.15) is 0 Å². The molecule has 0 aromatic heterocycles. The van der Waals surface area contributed by atoms with Gasteiger partial charge in [-0.15, -0.1) is 0 Å². The molecule has 0 aromatic rings. The van der Waals surface area contributed by atoms with E-state index in [-0.39, 0.29) is 5.54 Å². The van der Waals surface area contributed by atoms with Gasteiger partial charge in [0.05, 0.1) is 5.60 Å². The monoisotopic (exact) mass is 239 g/mol. The molecule has 2 nitrogen and oxygen atoms in total. The normalized spacial score (nSPS) is 34.5. The Balaban J connectivity index is 3.31. The molecule has 1 N–H and O–H groups in total. The molecule has 0 bridgehead atoms. The summed E-state index contributed by atoms with van der Waals surface area (Å²) in [5.74, 6) is 0. The zero-order chi connectivity index (χ0) is 12.6. The molecule has 1 saturated heterocycles. The molecule has 2 atom stereocenters. The smallest absolute Gasteiger partial charge is 0.0907 e. The van der Waals surface area contributed by atoms with E-state index in [4.69, 9.17) is 0 Å². The van der Waals surface area contributed by atoms with E-state index in [0.29, 0.717) is 6.42 Å². The molecule has 0 aromatic carbocycles. The molecule has 0 aliphatic carbocycles. The van der Waals surface area contributed by atoms with Crippen LogP contribution in [0.25, 0.3) is 0 Å². The van der Waals surface area contributed by atoms with Crippen LogP contribution in [0.4, 0.5) is 0 Å². The Morgan fingerprint density at radius 1 is 1.44 bits per heavy atom. The topological polar surface area (TPSA) is 23.5 Å². The number of hydrogen-bond acceptors (Lipinski definition) is 2. The molecular weight excluding hydrogens is 217 g/mol. The molecule has 1 aliphatic heterocycles. The third-order valence-electron chi connectivity index (χ3n) is 3.11. The largest absolute Gasteiger partial charge is 0.385 e. The standard InChI is InChI=1S/C13H22NOP/c1-6-8-11-10(7-2)13(5,15)9-12(3,4)14(11)16/h6-8,15H,1,9,16H2,2-5H3/b10-7+,11-8+. The van der Waals surface area contributed by atoms with E-state index in [9.17, 15) is 5.11 Å². The highest BCUT2D eigenvalue weighted by Crippen LogP contribution is 2.45. The van der Waals surface area contributed by atoms with Gasteiger partial charge in [-0.05, 0) is 43.2 Å². The second kappa shape index (κ2) is 4.35. The SMILES string of the molecule is C=C/C=C1\C(=C/C)C(C)(O)CC(C)(C)N1P. The van der Waals surface area contributed by atoms with Crippen molar-refractivity contribution in [1.82, 2.24) is 4.67 Å². The van der Waals surface area contributed by atoms with Gasteiger partial charge in [-0.1, -0.05) is 18.7 Å². The van der Waals surface area contributed by atoms with Crippen LogP contribution in [0.1, 0.15) is 34.1 Å². The van der Waals surface area contributed by atoms with Crippen LogP contribution in [-0.4, -0.2) is 20.9 Å². The minimum atomic E-state index is -0.778. The summed E-state index contributed by atoms with van der Waals surface area (Å²) in [5, 5.41) is 10.5. The predicted octanol–water partition coefficient (Wildman–Crippen LogP) is 3.03. The van der Waals surface area contributed by atoms with Gasteiger partial charge in [0.25, 0.3) is 0 Å². The van der Waals surface area contributed by atoms with E-state index >= 15 is 0 Å². The maximum absolute atomic E-state index is 10.5. The molecule has 0 radical (unpaired) electrons. The highest BCUT2D eigenvalue weighted by atomic mass is 31.0. The van der Waals surface area contributed by atoms with Crippen molar-refractivity contribution in [3.63, 3.8) is 0 Å². The lowest BCUT2D eigenvalue weighted by atomic mass is 9.77. The van der Waals surface area contributed by atoms with Crippen molar-refractivity contribution in [1.29, 1.82) is 0 Å². The van der Waals surface area contributed by atoms with Crippen molar-refractivity contribution in [2.45, 2.75) is 45.3 Å². The molecule has 0 saturated carbocycles. The Bertz CT molecular complexity index is 353. The third-order valence-corrected chi connectivity index (χ3v) is 4.09. The lowest BCUT2D eigenvalue weighted by Crippen LogP contribution is -2.51. The zero-order valence-corrected chi connectivity index (χ0v) is 11.8. The number of allylic oxidation sites excluding steroid dienone is 3. The lowest BCUT2D eigenvalue weighted by Gasteiger charge is -2.50. The summed E-state index contributed by atoms with van der Waals surface area (Å²) in [7, 11) is 2.74. The molecule has 1 aliphatic rings. The molecule has 16 heavy (non-hydrogen) atoms. The highest BCUT2D eigenvalue weighted by Gasteiger charge is 2.43. The van der Waals surface area contributed by atoms with E-state index in [1.54, 1.807) is 6.08 Å². The Labute approximate surface area is 101 Å². The Morgan fingerprint density at radius 2 is 2.00 bits per heavy atom. The number of hydrogen-bond donors (Lipinski definition) is 1. The molecule has 0 amide bonds. The van der Waals surface area contributed by atoms with Crippen molar-refractivity contribution in [3.05, 3.63) is 36.1 Å². The van der Waals surface area contributed by atoms with E-state index in [1.165, 1.54) is 0 Å². The zero-order valence-electron chi connectivity index (χ0n) is 10.6. The molecule has 1 fully saturated rings. The van der Waals surface area contributed by atoms with Crippen LogP contribution in [0, 0.1) is 0 Å². The molecule has 90 valence electrons. The average molecular weight is 239 g/mol. The highest BCUT2D eigenvalue weighted by molar-refractivity contribution is 7.13. The Kier molecular flexibility index (Phi) is 3.66. The first kappa shape index (κ1) is 13.5. The second-order valence-corrected chi connectivity index (χ2v) is 5.64. The molecule has 3 heteroatoms. The van der Waals surface area contributed by atoms with Crippen LogP contribution in [0.3, 0.4) is 0 Å². The molecule has 2 unspecified atom stereocenters. The fourth-order valence-corrected chi connectivity index (χ4v) is 2.81. The first-order valence-corrected chi connectivity index (χ1v) is 6.05. The van der Waals surface area contributed by atoms with Crippen LogP contribution < -0.4 is 0 Å². The summed E-state index contributed by atoms with van der Waals surface area (Å²) in [6, 6.07) is 0. The third kappa shape index (κ3) is 2.23. The summed E-state index contributed by atoms with van der Waals surface area (Å²) in [4.78, 5) is 0. The second-order valence-electron chi connectivity index (χ2n) is 5.12. The summed E-state index contributed by atoms with van der Waals surface area (Å²) < 4.78 is 2.13. The first-order chi connectivity index (χ1) is 7.26. The van der Waals surface area contributed by atoms with Gasteiger partial charge in [-0.3, -0.25) is 0 Å². The predicted molar refractivity (Wildman–Crippen MR) is 72.9 cm³/mol. The van der Waals surface area contributed by atoms with Gasteiger partial charge in [0.2, 0.25) is 0 Å². The van der Waals surface area contributed by atoms with Gasteiger partial charge in [0.15, 0.2) is 0 Å². The van der Waals surface area contributed by atoms with Gasteiger partial charge in [0, 0.05) is 23.2 Å². The van der Waals surface area contributed by atoms with Crippen molar-refractivity contribution in [2.24, 2.45) is 0 Å². The lowest BCUT2D eigenvalue weighted by molar-refractivity contribution is 0.0277. The summed E-state index contributed by atoms with van der Waals surface area (Å²) in [6.07, 6.45) is 6.38. The molecule has 1 heterocycles. The van der Waals surface area contributed by atoms with Crippen LogP contribution in [0.5, 0.6) is 0 Å². The molecule has 1 rings (SSSR count). The number of aliphatic hydroxyl groups is 1.